The first-order chi connectivity index (χ1) is 19.2. The number of hydrogen-bond acceptors (Lipinski definition) is 5. The molecule has 3 aromatic carbocycles. The summed E-state index contributed by atoms with van der Waals surface area (Å²) in [5.74, 6) is -1.77. The van der Waals surface area contributed by atoms with E-state index in [1.165, 1.54) is 17.0 Å². The molecule has 1 aromatic heterocycles. The van der Waals surface area contributed by atoms with Gasteiger partial charge in [-0.05, 0) is 62.6 Å². The Balaban J connectivity index is 1.58. The zero-order chi connectivity index (χ0) is 28.2. The molecule has 0 fully saturated rings. The number of anilines is 1. The van der Waals surface area contributed by atoms with Crippen LogP contribution in [0.4, 0.5) is 10.1 Å². The Morgan fingerprint density at radius 1 is 1.00 bits per heavy atom. The number of ether oxygens (including phenoxy) is 1. The van der Waals surface area contributed by atoms with Gasteiger partial charge in [0.05, 0.1) is 29.3 Å². The summed E-state index contributed by atoms with van der Waals surface area (Å²) in [6, 6.07) is 18.6. The van der Waals surface area contributed by atoms with E-state index in [1.54, 1.807) is 17.0 Å². The maximum Gasteiger partial charge on any atom is 0.291 e. The van der Waals surface area contributed by atoms with Gasteiger partial charge in [-0.15, -0.1) is 0 Å². The third-order valence-corrected chi connectivity index (χ3v) is 7.76. The first-order valence-electron chi connectivity index (χ1n) is 13.4. The smallest absolute Gasteiger partial charge is 0.291 e. The number of carbonyl (C=O) groups excluding carboxylic acids is 2. The number of halogens is 1. The summed E-state index contributed by atoms with van der Waals surface area (Å²) in [6.45, 7) is 6.59. The molecule has 7 nitrogen and oxygen atoms in total. The summed E-state index contributed by atoms with van der Waals surface area (Å²) in [4.78, 5) is 46.0. The Morgan fingerprint density at radius 3 is 2.52 bits per heavy atom. The molecule has 2 amide bonds. The van der Waals surface area contributed by atoms with Crippen molar-refractivity contribution < 1.29 is 23.1 Å². The molecule has 0 saturated heterocycles. The van der Waals surface area contributed by atoms with Gasteiger partial charge in [0.1, 0.15) is 11.4 Å². The fourth-order valence-corrected chi connectivity index (χ4v) is 5.92. The van der Waals surface area contributed by atoms with Crippen molar-refractivity contribution in [1.29, 1.82) is 0 Å². The topological polar surface area (TPSA) is 80.1 Å². The minimum absolute atomic E-state index is 0.00215. The Hall–Kier alpha value is -4.30. The standard InChI is InChI=1S/C32H29FN2O5/c1-19(2)39-16-8-15-35-30(37)29-27(28(36)23-17-22(33)13-14-26(23)40-29)32(35)24-11-6-7-12-25(24)34(31(32)38)18-21-10-5-4-9-20(21)3/h4-7,9-14,17,19H,8,15-16,18H2,1-3H3. The number of aryl methyl sites for hydroxylation is 1. The number of benzene rings is 3. The van der Waals surface area contributed by atoms with Gasteiger partial charge < -0.3 is 19.0 Å². The SMILES string of the molecule is Cc1ccccc1CN1C(=O)C2(c3ccccc31)c1c(oc3ccc(F)cc3c1=O)C(=O)N2CCCOC(C)C. The van der Waals surface area contributed by atoms with E-state index in [0.717, 1.165) is 17.2 Å². The van der Waals surface area contributed by atoms with Crippen LogP contribution >= 0.6 is 0 Å². The average molecular weight is 541 g/mol. The number of hydrogen-bond donors (Lipinski definition) is 0. The predicted octanol–water partition coefficient (Wildman–Crippen LogP) is 5.30. The van der Waals surface area contributed by atoms with Crippen LogP contribution in [0.3, 0.4) is 0 Å². The fraction of sp³-hybridized carbons (Fsp3) is 0.281. The van der Waals surface area contributed by atoms with Crippen molar-refractivity contribution in [2.24, 2.45) is 0 Å². The number of rotatable bonds is 7. The van der Waals surface area contributed by atoms with Gasteiger partial charge in [-0.1, -0.05) is 42.5 Å². The molecule has 0 bridgehead atoms. The molecule has 0 radical (unpaired) electrons. The van der Waals surface area contributed by atoms with Crippen LogP contribution in [0.1, 0.15) is 53.1 Å². The van der Waals surface area contributed by atoms with Crippen molar-refractivity contribution in [2.75, 3.05) is 18.1 Å². The predicted molar refractivity (Wildman–Crippen MR) is 149 cm³/mol. The Morgan fingerprint density at radius 2 is 1.75 bits per heavy atom. The molecular formula is C32H29FN2O5. The molecule has 0 saturated carbocycles. The van der Waals surface area contributed by atoms with Gasteiger partial charge in [-0.2, -0.15) is 0 Å². The van der Waals surface area contributed by atoms with Crippen molar-refractivity contribution in [3.05, 3.63) is 111 Å². The number of amides is 2. The first-order valence-corrected chi connectivity index (χ1v) is 13.4. The zero-order valence-electron chi connectivity index (χ0n) is 22.6. The number of nitrogens with zero attached hydrogens (tertiary/aromatic N) is 2. The molecule has 1 atom stereocenters. The molecule has 4 aromatic rings. The summed E-state index contributed by atoms with van der Waals surface area (Å²) in [5, 5.41) is -0.0152. The van der Waals surface area contributed by atoms with E-state index in [4.69, 9.17) is 9.15 Å². The number of para-hydroxylation sites is 1. The minimum atomic E-state index is -1.75. The van der Waals surface area contributed by atoms with Crippen molar-refractivity contribution in [1.82, 2.24) is 4.90 Å². The second-order valence-electron chi connectivity index (χ2n) is 10.6. The van der Waals surface area contributed by atoms with E-state index < -0.39 is 28.6 Å². The van der Waals surface area contributed by atoms with Gasteiger partial charge in [0.2, 0.25) is 5.76 Å². The Labute approximate surface area is 230 Å². The Bertz CT molecular complexity index is 1730. The van der Waals surface area contributed by atoms with Gasteiger partial charge in [0, 0.05) is 18.7 Å². The normalized spacial score (nSPS) is 17.9. The van der Waals surface area contributed by atoms with Crippen LogP contribution in [0, 0.1) is 12.7 Å². The van der Waals surface area contributed by atoms with Gasteiger partial charge in [-0.25, -0.2) is 4.39 Å². The maximum absolute atomic E-state index is 14.8. The van der Waals surface area contributed by atoms with E-state index in [2.05, 4.69) is 0 Å². The third-order valence-electron chi connectivity index (χ3n) is 7.76. The Kier molecular flexibility index (Phi) is 6.30. The summed E-state index contributed by atoms with van der Waals surface area (Å²) in [7, 11) is 0. The second-order valence-corrected chi connectivity index (χ2v) is 10.6. The van der Waals surface area contributed by atoms with Crippen LogP contribution < -0.4 is 10.3 Å². The quantitative estimate of drug-likeness (QED) is 0.297. The second kappa shape index (κ2) is 9.71. The minimum Gasteiger partial charge on any atom is -0.450 e. The molecule has 1 unspecified atom stereocenters. The molecule has 40 heavy (non-hydrogen) atoms. The lowest BCUT2D eigenvalue weighted by Gasteiger charge is -2.34. The highest BCUT2D eigenvalue weighted by molar-refractivity contribution is 6.17. The van der Waals surface area contributed by atoms with Crippen LogP contribution in [0.25, 0.3) is 11.0 Å². The largest absolute Gasteiger partial charge is 0.450 e. The molecule has 1 spiro atoms. The van der Waals surface area contributed by atoms with E-state index in [0.29, 0.717) is 24.3 Å². The molecule has 3 heterocycles. The molecule has 6 rings (SSSR count). The maximum atomic E-state index is 14.8. The third kappa shape index (κ3) is 3.78. The van der Waals surface area contributed by atoms with E-state index in [1.807, 2.05) is 57.2 Å². The summed E-state index contributed by atoms with van der Waals surface area (Å²) in [5.41, 5.74) is 0.777. The molecule has 204 valence electrons. The van der Waals surface area contributed by atoms with Crippen molar-refractivity contribution in [3.8, 4) is 0 Å². The lowest BCUT2D eigenvalue weighted by molar-refractivity contribution is -0.126. The zero-order valence-corrected chi connectivity index (χ0v) is 22.6. The van der Waals surface area contributed by atoms with Gasteiger partial charge >= 0.3 is 0 Å². The summed E-state index contributed by atoms with van der Waals surface area (Å²) >= 11 is 0. The van der Waals surface area contributed by atoms with Gasteiger partial charge in [-0.3, -0.25) is 14.4 Å². The number of carbonyl (C=O) groups is 2. The summed E-state index contributed by atoms with van der Waals surface area (Å²) in [6.07, 6.45) is 0.442. The molecule has 2 aliphatic heterocycles. The van der Waals surface area contributed by atoms with E-state index in [9.17, 15) is 18.8 Å². The van der Waals surface area contributed by atoms with E-state index >= 15 is 0 Å². The molecule has 8 heteroatoms. The van der Waals surface area contributed by atoms with Crippen LogP contribution in [-0.2, 0) is 21.6 Å². The van der Waals surface area contributed by atoms with Crippen molar-refractivity contribution >= 4 is 28.5 Å². The first kappa shape index (κ1) is 26.0. The lowest BCUT2D eigenvalue weighted by Crippen LogP contribution is -2.53. The van der Waals surface area contributed by atoms with Crippen LogP contribution in [0.15, 0.2) is 75.9 Å². The lowest BCUT2D eigenvalue weighted by atomic mass is 9.84. The van der Waals surface area contributed by atoms with E-state index in [-0.39, 0.29) is 41.5 Å². The van der Waals surface area contributed by atoms with Crippen molar-refractivity contribution in [3.63, 3.8) is 0 Å². The summed E-state index contributed by atoms with van der Waals surface area (Å²) < 4.78 is 26.0. The van der Waals surface area contributed by atoms with Crippen LogP contribution in [0.5, 0.6) is 0 Å². The van der Waals surface area contributed by atoms with Crippen LogP contribution in [-0.4, -0.2) is 36.0 Å². The molecule has 0 aliphatic carbocycles. The van der Waals surface area contributed by atoms with Crippen LogP contribution in [0.2, 0.25) is 0 Å². The molecular weight excluding hydrogens is 511 g/mol. The van der Waals surface area contributed by atoms with Gasteiger partial charge in [0.25, 0.3) is 11.8 Å². The number of fused-ring (bicyclic) bond motifs is 5. The van der Waals surface area contributed by atoms with Crippen molar-refractivity contribution in [2.45, 2.75) is 45.4 Å². The highest BCUT2D eigenvalue weighted by Gasteiger charge is 2.64. The van der Waals surface area contributed by atoms with Gasteiger partial charge in [0.15, 0.2) is 11.0 Å². The molecule has 2 aliphatic rings. The monoisotopic (exact) mass is 540 g/mol. The highest BCUT2D eigenvalue weighted by atomic mass is 19.1. The highest BCUT2D eigenvalue weighted by Crippen LogP contribution is 2.53. The molecule has 0 N–H and O–H groups in total. The fourth-order valence-electron chi connectivity index (χ4n) is 5.92. The average Bonchev–Trinajstić information content (AvgIpc) is 3.32.